The maximum Gasteiger partial charge on any atom is 0.257 e. The van der Waals surface area contributed by atoms with Crippen LogP contribution in [0.5, 0.6) is 5.75 Å². The molecule has 1 saturated heterocycles. The Bertz CT molecular complexity index is 778. The zero-order valence-corrected chi connectivity index (χ0v) is 20.3. The highest BCUT2D eigenvalue weighted by Gasteiger charge is 2.36. The summed E-state index contributed by atoms with van der Waals surface area (Å²) in [7, 11) is 1.77. The van der Waals surface area contributed by atoms with Crippen LogP contribution in [0.4, 0.5) is 0 Å². The highest BCUT2D eigenvalue weighted by Crippen LogP contribution is 2.38. The van der Waals surface area contributed by atoms with Crippen LogP contribution in [-0.2, 0) is 9.53 Å². The molecular weight excluding hydrogens is 404 g/mol. The summed E-state index contributed by atoms with van der Waals surface area (Å²) in [6.07, 6.45) is 5.50. The number of nitrogens with zero attached hydrogens (tertiary/aromatic N) is 2. The van der Waals surface area contributed by atoms with E-state index < -0.39 is 0 Å². The van der Waals surface area contributed by atoms with Crippen molar-refractivity contribution in [1.82, 2.24) is 9.80 Å². The van der Waals surface area contributed by atoms with Crippen LogP contribution < -0.4 is 4.74 Å². The standard InChI is InChI=1S/C26H40N2O4/c1-25(2,3)19-23(29)27-14-8-7-11-26(20-31-4)12-15-28(16-13-26)24(30)21-9-5-6-10-22(21)32-18-17-27/h5-6,9-10H,7-8,11-20H2,1-4H3. The molecule has 2 amide bonds. The lowest BCUT2D eigenvalue weighted by atomic mass is 9.75. The number of fused-ring (bicyclic) bond motifs is 9. The van der Waals surface area contributed by atoms with Gasteiger partial charge in [0.1, 0.15) is 12.4 Å². The van der Waals surface area contributed by atoms with Crippen LogP contribution in [0.1, 0.15) is 69.7 Å². The SMILES string of the molecule is COCC12CCCCN(C(=O)CC(C)(C)C)CCOc3ccccc3C(=O)N(CC1)CC2. The minimum absolute atomic E-state index is 0.0298. The van der Waals surface area contributed by atoms with Crippen LogP contribution in [0.15, 0.2) is 24.3 Å². The minimum atomic E-state index is -0.0518. The lowest BCUT2D eigenvalue weighted by Crippen LogP contribution is -2.45. The van der Waals surface area contributed by atoms with Crippen molar-refractivity contribution < 1.29 is 19.1 Å². The van der Waals surface area contributed by atoms with Gasteiger partial charge in [0, 0.05) is 33.2 Å². The Morgan fingerprint density at radius 3 is 2.47 bits per heavy atom. The Hall–Kier alpha value is -2.08. The van der Waals surface area contributed by atoms with Crippen molar-refractivity contribution in [2.75, 3.05) is 46.5 Å². The monoisotopic (exact) mass is 444 g/mol. The molecule has 0 N–H and O–H groups in total. The molecule has 0 radical (unpaired) electrons. The van der Waals surface area contributed by atoms with Crippen molar-refractivity contribution >= 4 is 11.8 Å². The first-order valence-corrected chi connectivity index (χ1v) is 12.0. The maximum atomic E-state index is 13.3. The van der Waals surface area contributed by atoms with E-state index in [9.17, 15) is 9.59 Å². The fourth-order valence-electron chi connectivity index (χ4n) is 4.89. The summed E-state index contributed by atoms with van der Waals surface area (Å²) in [6, 6.07) is 7.47. The van der Waals surface area contributed by atoms with E-state index in [-0.39, 0.29) is 22.6 Å². The molecule has 1 fully saturated rings. The van der Waals surface area contributed by atoms with Gasteiger partial charge in [0.15, 0.2) is 0 Å². The summed E-state index contributed by atoms with van der Waals surface area (Å²) >= 11 is 0. The third-order valence-electron chi connectivity index (χ3n) is 6.72. The Balaban J connectivity index is 1.82. The van der Waals surface area contributed by atoms with E-state index in [2.05, 4.69) is 20.8 Å². The van der Waals surface area contributed by atoms with E-state index in [1.165, 1.54) is 0 Å². The normalized spacial score (nSPS) is 20.2. The highest BCUT2D eigenvalue weighted by molar-refractivity contribution is 5.97. The highest BCUT2D eigenvalue weighted by atomic mass is 16.5. The van der Waals surface area contributed by atoms with Crippen LogP contribution in [0.2, 0.25) is 0 Å². The molecule has 4 rings (SSSR count). The molecule has 0 spiro atoms. The van der Waals surface area contributed by atoms with Crippen LogP contribution >= 0.6 is 0 Å². The molecule has 3 heterocycles. The molecule has 178 valence electrons. The van der Waals surface area contributed by atoms with Gasteiger partial charge < -0.3 is 19.3 Å². The summed E-state index contributed by atoms with van der Waals surface area (Å²) in [4.78, 5) is 30.2. The number of rotatable bonds is 3. The zero-order chi connectivity index (χ0) is 23.2. The number of benzene rings is 1. The number of carbonyl (C=O) groups excluding carboxylic acids is 2. The van der Waals surface area contributed by atoms with Crippen LogP contribution in [-0.4, -0.2) is 68.1 Å². The van der Waals surface area contributed by atoms with Gasteiger partial charge in [0.05, 0.1) is 18.7 Å². The first-order chi connectivity index (χ1) is 15.2. The smallest absolute Gasteiger partial charge is 0.257 e. The molecule has 6 nitrogen and oxygen atoms in total. The quantitative estimate of drug-likeness (QED) is 0.694. The molecule has 32 heavy (non-hydrogen) atoms. The molecule has 0 atom stereocenters. The Morgan fingerprint density at radius 2 is 1.78 bits per heavy atom. The molecular formula is C26H40N2O4. The van der Waals surface area contributed by atoms with Crippen molar-refractivity contribution in [1.29, 1.82) is 0 Å². The minimum Gasteiger partial charge on any atom is -0.491 e. The van der Waals surface area contributed by atoms with E-state index in [0.717, 1.165) is 58.3 Å². The number of amides is 2. The van der Waals surface area contributed by atoms with Crippen LogP contribution in [0.25, 0.3) is 0 Å². The molecule has 1 aromatic rings. The second-order valence-corrected chi connectivity index (χ2v) is 10.6. The van der Waals surface area contributed by atoms with Gasteiger partial charge in [0.25, 0.3) is 5.91 Å². The Kier molecular flexibility index (Phi) is 8.21. The average Bonchev–Trinajstić information content (AvgIpc) is 2.75. The van der Waals surface area contributed by atoms with Gasteiger partial charge in [-0.2, -0.15) is 0 Å². The van der Waals surface area contributed by atoms with Crippen molar-refractivity contribution in [2.24, 2.45) is 10.8 Å². The predicted molar refractivity (Wildman–Crippen MR) is 126 cm³/mol. The van der Waals surface area contributed by atoms with Crippen LogP contribution in [0.3, 0.4) is 0 Å². The molecule has 1 aromatic carbocycles. The number of para-hydroxylation sites is 1. The largest absolute Gasteiger partial charge is 0.491 e. The molecule has 6 heteroatoms. The number of hydrogen-bond acceptors (Lipinski definition) is 4. The third-order valence-corrected chi connectivity index (χ3v) is 6.72. The zero-order valence-electron chi connectivity index (χ0n) is 20.3. The predicted octanol–water partition coefficient (Wildman–Crippen LogP) is 4.38. The van der Waals surface area contributed by atoms with E-state index in [0.29, 0.717) is 30.9 Å². The van der Waals surface area contributed by atoms with E-state index >= 15 is 0 Å². The van der Waals surface area contributed by atoms with Gasteiger partial charge >= 0.3 is 0 Å². The van der Waals surface area contributed by atoms with Crippen molar-refractivity contribution in [3.8, 4) is 5.75 Å². The Morgan fingerprint density at radius 1 is 1.06 bits per heavy atom. The molecule has 2 bridgehead atoms. The summed E-state index contributed by atoms with van der Waals surface area (Å²) in [5.41, 5.74) is 0.667. The maximum absolute atomic E-state index is 13.3. The molecule has 3 aliphatic heterocycles. The average molecular weight is 445 g/mol. The number of hydrogen-bond donors (Lipinski definition) is 0. The van der Waals surface area contributed by atoms with Crippen LogP contribution in [0, 0.1) is 10.8 Å². The molecule has 3 aliphatic rings. The Labute approximate surface area is 193 Å². The second-order valence-electron chi connectivity index (χ2n) is 10.6. The summed E-state index contributed by atoms with van der Waals surface area (Å²) < 4.78 is 11.6. The molecule has 0 unspecified atom stereocenters. The number of carbonyl (C=O) groups is 2. The van der Waals surface area contributed by atoms with Gasteiger partial charge in [0.2, 0.25) is 5.91 Å². The number of ether oxygens (including phenoxy) is 2. The lowest BCUT2D eigenvalue weighted by Gasteiger charge is -2.41. The van der Waals surface area contributed by atoms with E-state index in [1.807, 2.05) is 34.1 Å². The third kappa shape index (κ3) is 6.47. The lowest BCUT2D eigenvalue weighted by molar-refractivity contribution is -0.133. The first kappa shape index (κ1) is 24.6. The van der Waals surface area contributed by atoms with E-state index in [1.54, 1.807) is 7.11 Å². The van der Waals surface area contributed by atoms with Crippen molar-refractivity contribution in [2.45, 2.75) is 59.3 Å². The van der Waals surface area contributed by atoms with Gasteiger partial charge in [-0.3, -0.25) is 9.59 Å². The van der Waals surface area contributed by atoms with Gasteiger partial charge in [-0.25, -0.2) is 0 Å². The number of methoxy groups -OCH3 is 1. The first-order valence-electron chi connectivity index (χ1n) is 12.0. The molecule has 0 aromatic heterocycles. The van der Waals surface area contributed by atoms with Crippen molar-refractivity contribution in [3.63, 3.8) is 0 Å². The molecule has 0 aliphatic carbocycles. The fourth-order valence-corrected chi connectivity index (χ4v) is 4.89. The van der Waals surface area contributed by atoms with Gasteiger partial charge in [-0.05, 0) is 48.6 Å². The second kappa shape index (κ2) is 10.7. The van der Waals surface area contributed by atoms with Gasteiger partial charge in [-0.15, -0.1) is 0 Å². The van der Waals surface area contributed by atoms with Crippen molar-refractivity contribution in [3.05, 3.63) is 29.8 Å². The number of piperidine rings is 1. The summed E-state index contributed by atoms with van der Waals surface area (Å²) in [5.74, 6) is 0.805. The van der Waals surface area contributed by atoms with Gasteiger partial charge in [-0.1, -0.05) is 39.3 Å². The summed E-state index contributed by atoms with van der Waals surface area (Å²) in [6.45, 7) is 10.2. The molecule has 0 saturated carbocycles. The summed E-state index contributed by atoms with van der Waals surface area (Å²) in [5, 5.41) is 0. The van der Waals surface area contributed by atoms with E-state index in [4.69, 9.17) is 9.47 Å². The topological polar surface area (TPSA) is 59.1 Å². The fraction of sp³-hybridized carbons (Fsp3) is 0.692.